The van der Waals surface area contributed by atoms with E-state index in [1.807, 2.05) is 43.3 Å². The number of hydrogen-bond acceptors (Lipinski definition) is 9. The summed E-state index contributed by atoms with van der Waals surface area (Å²) in [6, 6.07) is 14.3. The second kappa shape index (κ2) is 11.7. The van der Waals surface area contributed by atoms with Crippen LogP contribution in [0.1, 0.15) is 33.0 Å². The van der Waals surface area contributed by atoms with Crippen LogP contribution < -0.4 is 26.2 Å². The second-order valence-electron chi connectivity index (χ2n) is 9.00. The van der Waals surface area contributed by atoms with Crippen molar-refractivity contribution in [3.8, 4) is 0 Å². The van der Waals surface area contributed by atoms with Crippen molar-refractivity contribution >= 4 is 68.9 Å². The summed E-state index contributed by atoms with van der Waals surface area (Å²) in [5.41, 5.74) is 3.13. The topological polar surface area (TPSA) is 141 Å². The van der Waals surface area contributed by atoms with Crippen molar-refractivity contribution in [1.82, 2.24) is 20.3 Å². The minimum atomic E-state index is -0.415. The van der Waals surface area contributed by atoms with E-state index < -0.39 is 6.03 Å². The molecule has 0 saturated carbocycles. The van der Waals surface area contributed by atoms with Gasteiger partial charge >= 0.3 is 6.03 Å². The van der Waals surface area contributed by atoms with Crippen molar-refractivity contribution in [3.63, 3.8) is 0 Å². The predicted molar refractivity (Wildman–Crippen MR) is 156 cm³/mol. The largest absolute Gasteiger partial charge is 0.366 e. The lowest BCUT2D eigenvalue weighted by molar-refractivity contribution is -0.120. The molecule has 0 radical (unpaired) electrons. The fourth-order valence-corrected chi connectivity index (χ4v) is 5.02. The number of nitrogens with zero attached hydrogens (tertiary/aromatic N) is 4. The van der Waals surface area contributed by atoms with Crippen LogP contribution in [0.4, 0.5) is 32.9 Å². The van der Waals surface area contributed by atoms with E-state index in [-0.39, 0.29) is 18.2 Å². The Hall–Kier alpha value is -4.55. The lowest BCUT2D eigenvalue weighted by Gasteiger charge is -2.26. The van der Waals surface area contributed by atoms with E-state index in [0.29, 0.717) is 51.3 Å². The Bertz CT molecular complexity index is 1570. The summed E-state index contributed by atoms with van der Waals surface area (Å²) < 4.78 is 0. The van der Waals surface area contributed by atoms with Crippen molar-refractivity contribution in [2.45, 2.75) is 26.8 Å². The maximum atomic E-state index is 12.8. The molecule has 4 N–H and O–H groups in total. The van der Waals surface area contributed by atoms with Crippen LogP contribution in [0.15, 0.2) is 54.7 Å². The molecule has 1 aliphatic heterocycles. The number of carbonyl (C=O) groups excluding carboxylic acids is 3. The zero-order valence-corrected chi connectivity index (χ0v) is 23.2. The summed E-state index contributed by atoms with van der Waals surface area (Å²) in [5.74, 6) is 1.12. The van der Waals surface area contributed by atoms with Gasteiger partial charge in [-0.15, -0.1) is 0 Å². The first-order valence-electron chi connectivity index (χ1n) is 12.3. The van der Waals surface area contributed by atoms with Crippen molar-refractivity contribution in [3.05, 3.63) is 81.6 Å². The maximum Gasteiger partial charge on any atom is 0.328 e. The van der Waals surface area contributed by atoms with Gasteiger partial charge < -0.3 is 16.0 Å². The molecule has 0 aliphatic carbocycles. The first-order valence-corrected chi connectivity index (χ1v) is 13.5. The van der Waals surface area contributed by atoms with Crippen molar-refractivity contribution in [2.75, 3.05) is 27.4 Å². The lowest BCUT2D eigenvalue weighted by atomic mass is 10.2. The van der Waals surface area contributed by atoms with E-state index in [9.17, 15) is 14.4 Å². The number of nitrogens with one attached hydrogen (secondary N) is 4. The van der Waals surface area contributed by atoms with Crippen molar-refractivity contribution in [2.24, 2.45) is 0 Å². The Kier molecular flexibility index (Phi) is 7.89. The Morgan fingerprint density at radius 1 is 1.10 bits per heavy atom. The molecule has 0 unspecified atom stereocenters. The number of rotatable bonds is 8. The Balaban J connectivity index is 1.20. The summed E-state index contributed by atoms with van der Waals surface area (Å²) in [6.45, 7) is 4.50. The molecule has 13 heteroatoms. The SMILES string of the molecule is Cc1nc(NCc2ccc(N3CCC(=O)NC3=O)cc2)cc(Nc2ncc(C(=O)Nc3c(C)cccc3Cl)s2)n1. The van der Waals surface area contributed by atoms with Gasteiger partial charge in [0.05, 0.1) is 16.9 Å². The number of urea groups is 1. The molecule has 3 heterocycles. The molecule has 4 amide bonds. The van der Waals surface area contributed by atoms with E-state index in [1.165, 1.54) is 22.4 Å². The first kappa shape index (κ1) is 27.0. The molecule has 0 spiro atoms. The van der Waals surface area contributed by atoms with Crippen LogP contribution in [0, 0.1) is 13.8 Å². The zero-order chi connectivity index (χ0) is 28.2. The summed E-state index contributed by atoms with van der Waals surface area (Å²) in [7, 11) is 0. The highest BCUT2D eigenvalue weighted by Crippen LogP contribution is 2.28. The minimum Gasteiger partial charge on any atom is -0.366 e. The molecule has 2 aromatic heterocycles. The minimum absolute atomic E-state index is 0.264. The number of carbonyl (C=O) groups is 3. The molecule has 0 bridgehead atoms. The van der Waals surface area contributed by atoms with E-state index in [1.54, 1.807) is 19.1 Å². The highest BCUT2D eigenvalue weighted by molar-refractivity contribution is 7.17. The lowest BCUT2D eigenvalue weighted by Crippen LogP contribution is -2.49. The van der Waals surface area contributed by atoms with Crippen molar-refractivity contribution in [1.29, 1.82) is 0 Å². The molecule has 1 fully saturated rings. The molecule has 204 valence electrons. The Labute approximate surface area is 239 Å². The monoisotopic (exact) mass is 576 g/mol. The number of thiazole rings is 1. The number of aryl methyl sites for hydroxylation is 2. The number of halogens is 1. The zero-order valence-electron chi connectivity index (χ0n) is 21.6. The van der Waals surface area contributed by atoms with Gasteiger partial charge in [-0.25, -0.2) is 19.7 Å². The number of para-hydroxylation sites is 1. The number of imide groups is 1. The smallest absolute Gasteiger partial charge is 0.328 e. The number of amides is 4. The third-order valence-electron chi connectivity index (χ3n) is 6.04. The molecule has 11 nitrogen and oxygen atoms in total. The van der Waals surface area contributed by atoms with Gasteiger partial charge in [0.1, 0.15) is 22.3 Å². The van der Waals surface area contributed by atoms with Crippen LogP contribution in [-0.2, 0) is 11.3 Å². The van der Waals surface area contributed by atoms with Crippen LogP contribution in [-0.4, -0.2) is 39.3 Å². The van der Waals surface area contributed by atoms with Gasteiger partial charge in [-0.2, -0.15) is 0 Å². The molecule has 4 aromatic rings. The van der Waals surface area contributed by atoms with Crippen molar-refractivity contribution < 1.29 is 14.4 Å². The van der Waals surface area contributed by atoms with Crippen LogP contribution in [0.25, 0.3) is 0 Å². The molecule has 2 aromatic carbocycles. The summed E-state index contributed by atoms with van der Waals surface area (Å²) in [6.07, 6.45) is 1.77. The third kappa shape index (κ3) is 6.35. The average molecular weight is 577 g/mol. The summed E-state index contributed by atoms with van der Waals surface area (Å²) >= 11 is 7.42. The second-order valence-corrected chi connectivity index (χ2v) is 10.4. The van der Waals surface area contributed by atoms with Crippen LogP contribution in [0.2, 0.25) is 5.02 Å². The first-order chi connectivity index (χ1) is 19.2. The fraction of sp³-hybridized carbons (Fsp3) is 0.185. The van der Waals surface area contributed by atoms with Crippen LogP contribution in [0.5, 0.6) is 0 Å². The van der Waals surface area contributed by atoms with Gasteiger partial charge in [0.2, 0.25) is 5.91 Å². The van der Waals surface area contributed by atoms with Crippen LogP contribution in [0.3, 0.4) is 0 Å². The Morgan fingerprint density at radius 3 is 2.62 bits per heavy atom. The molecule has 40 heavy (non-hydrogen) atoms. The van der Waals surface area contributed by atoms with Crippen LogP contribution >= 0.6 is 22.9 Å². The normalized spacial score (nSPS) is 13.1. The average Bonchev–Trinajstić information content (AvgIpc) is 3.38. The Morgan fingerprint density at radius 2 is 1.88 bits per heavy atom. The summed E-state index contributed by atoms with van der Waals surface area (Å²) in [4.78, 5) is 51.3. The van der Waals surface area contributed by atoms with Gasteiger partial charge in [0.25, 0.3) is 5.91 Å². The highest BCUT2D eigenvalue weighted by atomic mass is 35.5. The molecule has 5 rings (SSSR count). The fourth-order valence-electron chi connectivity index (χ4n) is 4.03. The molecule has 0 atom stereocenters. The number of anilines is 5. The highest BCUT2D eigenvalue weighted by Gasteiger charge is 2.24. The predicted octanol–water partition coefficient (Wildman–Crippen LogP) is 5.26. The van der Waals surface area contributed by atoms with E-state index in [0.717, 1.165) is 16.8 Å². The standard InChI is InChI=1S/C27H25ClN8O3S/c1-15-4-3-5-19(28)24(15)35-25(38)20-14-30-26(40-20)33-22-12-21(31-16(2)32-22)29-13-17-6-8-18(9-7-17)36-11-10-23(37)34-27(36)39/h3-9,12,14H,10-11,13H2,1-2H3,(H,35,38)(H,34,37,39)(H2,29,30,31,32,33). The molecule has 1 aliphatic rings. The quantitative estimate of drug-likeness (QED) is 0.223. The van der Waals surface area contributed by atoms with E-state index in [2.05, 4.69) is 36.2 Å². The number of aromatic nitrogens is 3. The van der Waals surface area contributed by atoms with E-state index in [4.69, 9.17) is 11.6 Å². The van der Waals surface area contributed by atoms with E-state index >= 15 is 0 Å². The number of hydrogen-bond donors (Lipinski definition) is 4. The number of benzene rings is 2. The summed E-state index contributed by atoms with van der Waals surface area (Å²) in [5, 5.41) is 12.6. The van der Waals surface area contributed by atoms with Gasteiger partial charge in [-0.05, 0) is 43.2 Å². The third-order valence-corrected chi connectivity index (χ3v) is 7.27. The van der Waals surface area contributed by atoms with Gasteiger partial charge in [0, 0.05) is 31.3 Å². The van der Waals surface area contributed by atoms with Gasteiger partial charge in [-0.1, -0.05) is 47.2 Å². The molecular formula is C27H25ClN8O3S. The van der Waals surface area contributed by atoms with Gasteiger partial charge in [0.15, 0.2) is 5.13 Å². The maximum absolute atomic E-state index is 12.8. The van der Waals surface area contributed by atoms with Gasteiger partial charge in [-0.3, -0.25) is 19.8 Å². The molecule has 1 saturated heterocycles. The molecular weight excluding hydrogens is 552 g/mol.